The van der Waals surface area contributed by atoms with Crippen molar-refractivity contribution in [2.75, 3.05) is 5.32 Å². The molecule has 114 valence electrons. The lowest BCUT2D eigenvalue weighted by molar-refractivity contribution is 1.45. The van der Waals surface area contributed by atoms with E-state index in [4.69, 9.17) is 23.2 Å². The molecule has 4 rings (SSSR count). The monoisotopic (exact) mass is 340 g/mol. The van der Waals surface area contributed by atoms with Crippen LogP contribution in [0.3, 0.4) is 0 Å². The number of aromatic amines is 1. The summed E-state index contributed by atoms with van der Waals surface area (Å²) in [4.78, 5) is 3.41. The van der Waals surface area contributed by atoms with Crippen molar-refractivity contribution in [1.29, 1.82) is 0 Å². The lowest BCUT2D eigenvalue weighted by Gasteiger charge is -2.08. The zero-order valence-corrected chi connectivity index (χ0v) is 14.0. The highest BCUT2D eigenvalue weighted by atomic mass is 35.5. The molecule has 3 aromatic carbocycles. The minimum Gasteiger partial charge on any atom is -0.355 e. The predicted octanol–water partition coefficient (Wildman–Crippen LogP) is 6.68. The van der Waals surface area contributed by atoms with Crippen LogP contribution in [0.15, 0.2) is 54.6 Å². The van der Waals surface area contributed by atoms with Crippen molar-refractivity contribution in [3.05, 3.63) is 70.2 Å². The molecule has 1 heterocycles. The van der Waals surface area contributed by atoms with Crippen LogP contribution in [-0.2, 0) is 0 Å². The molecule has 0 aliphatic carbocycles. The SMILES string of the molecule is Cc1ccc(Nc2ccc3[nH]c4ccc(Cl)cc4c3c2)cc1Cl. The molecule has 4 heteroatoms. The van der Waals surface area contributed by atoms with Crippen LogP contribution < -0.4 is 5.32 Å². The molecule has 0 spiro atoms. The van der Waals surface area contributed by atoms with Gasteiger partial charge in [0.15, 0.2) is 0 Å². The summed E-state index contributed by atoms with van der Waals surface area (Å²) >= 11 is 12.3. The molecule has 1 aromatic heterocycles. The third-order valence-electron chi connectivity index (χ3n) is 4.02. The van der Waals surface area contributed by atoms with Crippen LogP contribution in [0, 0.1) is 6.92 Å². The Labute approximate surface area is 144 Å². The van der Waals surface area contributed by atoms with Crippen LogP contribution in [0.4, 0.5) is 11.4 Å². The Kier molecular flexibility index (Phi) is 3.44. The molecule has 0 saturated carbocycles. The molecular weight excluding hydrogens is 327 g/mol. The van der Waals surface area contributed by atoms with E-state index in [-0.39, 0.29) is 0 Å². The van der Waals surface area contributed by atoms with Crippen molar-refractivity contribution >= 4 is 56.4 Å². The number of benzene rings is 3. The van der Waals surface area contributed by atoms with Gasteiger partial charge in [-0.25, -0.2) is 0 Å². The second-order valence-electron chi connectivity index (χ2n) is 5.66. The Morgan fingerprint density at radius 1 is 0.783 bits per heavy atom. The predicted molar refractivity (Wildman–Crippen MR) is 100 cm³/mol. The molecule has 0 saturated heterocycles. The van der Waals surface area contributed by atoms with Crippen molar-refractivity contribution in [1.82, 2.24) is 4.98 Å². The Morgan fingerprint density at radius 3 is 2.22 bits per heavy atom. The zero-order chi connectivity index (χ0) is 16.0. The minimum atomic E-state index is 0.738. The highest BCUT2D eigenvalue weighted by molar-refractivity contribution is 6.32. The van der Waals surface area contributed by atoms with Crippen molar-refractivity contribution in [2.24, 2.45) is 0 Å². The molecule has 23 heavy (non-hydrogen) atoms. The van der Waals surface area contributed by atoms with E-state index in [0.29, 0.717) is 0 Å². The number of H-pyrrole nitrogens is 1. The van der Waals surface area contributed by atoms with E-state index in [1.807, 2.05) is 49.4 Å². The van der Waals surface area contributed by atoms with E-state index in [0.717, 1.165) is 48.8 Å². The number of hydrogen-bond acceptors (Lipinski definition) is 1. The van der Waals surface area contributed by atoms with Crippen LogP contribution in [0.1, 0.15) is 5.56 Å². The van der Waals surface area contributed by atoms with Gasteiger partial charge in [0, 0.05) is 43.2 Å². The molecule has 2 N–H and O–H groups in total. The standard InChI is InChI=1S/C19H14Cl2N2/c1-11-2-4-14(10-17(11)21)22-13-5-7-19-16(9-13)15-8-12(20)3-6-18(15)23-19/h2-10,22-23H,1H3. The number of fused-ring (bicyclic) bond motifs is 3. The first-order valence-electron chi connectivity index (χ1n) is 7.34. The lowest BCUT2D eigenvalue weighted by Crippen LogP contribution is -1.90. The lowest BCUT2D eigenvalue weighted by atomic mass is 10.1. The highest BCUT2D eigenvalue weighted by Crippen LogP contribution is 2.31. The van der Waals surface area contributed by atoms with Gasteiger partial charge in [-0.1, -0.05) is 29.3 Å². The first-order chi connectivity index (χ1) is 11.1. The van der Waals surface area contributed by atoms with E-state index >= 15 is 0 Å². The molecule has 0 amide bonds. The largest absolute Gasteiger partial charge is 0.355 e. The molecule has 0 radical (unpaired) electrons. The number of anilines is 2. The van der Waals surface area contributed by atoms with Crippen LogP contribution in [-0.4, -0.2) is 4.98 Å². The van der Waals surface area contributed by atoms with Gasteiger partial charge in [-0.15, -0.1) is 0 Å². The highest BCUT2D eigenvalue weighted by Gasteiger charge is 2.06. The van der Waals surface area contributed by atoms with Gasteiger partial charge in [0.05, 0.1) is 0 Å². The zero-order valence-electron chi connectivity index (χ0n) is 12.5. The molecule has 0 unspecified atom stereocenters. The molecule has 0 aliphatic heterocycles. The number of aryl methyl sites for hydroxylation is 1. The van der Waals surface area contributed by atoms with Crippen molar-refractivity contribution in [2.45, 2.75) is 6.92 Å². The normalized spacial score (nSPS) is 11.3. The maximum atomic E-state index is 6.19. The van der Waals surface area contributed by atoms with E-state index in [1.165, 1.54) is 0 Å². The fourth-order valence-electron chi connectivity index (χ4n) is 2.78. The van der Waals surface area contributed by atoms with Crippen LogP contribution in [0.2, 0.25) is 10.0 Å². The van der Waals surface area contributed by atoms with Crippen LogP contribution in [0.5, 0.6) is 0 Å². The van der Waals surface area contributed by atoms with E-state index in [9.17, 15) is 0 Å². The first kappa shape index (κ1) is 14.4. The second kappa shape index (κ2) is 5.48. The number of aromatic nitrogens is 1. The third kappa shape index (κ3) is 2.65. The summed E-state index contributed by atoms with van der Waals surface area (Å²) in [5.41, 5.74) is 5.23. The fourth-order valence-corrected chi connectivity index (χ4v) is 3.14. The number of halogens is 2. The van der Waals surface area contributed by atoms with Crippen molar-refractivity contribution in [3.8, 4) is 0 Å². The molecule has 0 bridgehead atoms. The summed E-state index contributed by atoms with van der Waals surface area (Å²) in [5, 5.41) is 7.17. The van der Waals surface area contributed by atoms with E-state index in [1.54, 1.807) is 0 Å². The first-order valence-corrected chi connectivity index (χ1v) is 8.10. The van der Waals surface area contributed by atoms with E-state index < -0.39 is 0 Å². The molecule has 0 aliphatic rings. The Hall–Kier alpha value is -2.16. The fraction of sp³-hybridized carbons (Fsp3) is 0.0526. The van der Waals surface area contributed by atoms with Gasteiger partial charge in [0.25, 0.3) is 0 Å². The molecular formula is C19H14Cl2N2. The summed E-state index contributed by atoms with van der Waals surface area (Å²) in [7, 11) is 0. The molecule has 0 fully saturated rings. The van der Waals surface area contributed by atoms with Gasteiger partial charge in [-0.2, -0.15) is 0 Å². The molecule has 4 aromatic rings. The van der Waals surface area contributed by atoms with Gasteiger partial charge >= 0.3 is 0 Å². The van der Waals surface area contributed by atoms with Gasteiger partial charge in [0.2, 0.25) is 0 Å². The van der Waals surface area contributed by atoms with Crippen LogP contribution >= 0.6 is 23.2 Å². The van der Waals surface area contributed by atoms with Gasteiger partial charge in [-0.05, 0) is 61.0 Å². The van der Waals surface area contributed by atoms with Crippen molar-refractivity contribution in [3.63, 3.8) is 0 Å². The summed E-state index contributed by atoms with van der Waals surface area (Å²) in [6, 6.07) is 18.1. The van der Waals surface area contributed by atoms with Crippen molar-refractivity contribution < 1.29 is 0 Å². The summed E-state index contributed by atoms with van der Waals surface area (Å²) in [6.07, 6.45) is 0. The second-order valence-corrected chi connectivity index (χ2v) is 6.51. The Bertz CT molecular complexity index is 1030. The maximum Gasteiger partial charge on any atom is 0.0466 e. The number of rotatable bonds is 2. The topological polar surface area (TPSA) is 27.8 Å². The number of nitrogens with one attached hydrogen (secondary N) is 2. The smallest absolute Gasteiger partial charge is 0.0466 e. The average molecular weight is 341 g/mol. The average Bonchev–Trinajstić information content (AvgIpc) is 2.88. The van der Waals surface area contributed by atoms with E-state index in [2.05, 4.69) is 22.4 Å². The third-order valence-corrected chi connectivity index (χ3v) is 4.66. The van der Waals surface area contributed by atoms with Gasteiger partial charge < -0.3 is 10.3 Å². The van der Waals surface area contributed by atoms with Crippen LogP contribution in [0.25, 0.3) is 21.8 Å². The van der Waals surface area contributed by atoms with Gasteiger partial charge in [0.1, 0.15) is 0 Å². The molecule has 2 nitrogen and oxygen atoms in total. The maximum absolute atomic E-state index is 6.19. The Balaban J connectivity index is 1.79. The Morgan fingerprint density at radius 2 is 1.43 bits per heavy atom. The summed E-state index contributed by atoms with van der Waals surface area (Å²) in [6.45, 7) is 1.99. The van der Waals surface area contributed by atoms with Gasteiger partial charge in [-0.3, -0.25) is 0 Å². The summed E-state index contributed by atoms with van der Waals surface area (Å²) in [5.74, 6) is 0. The number of hydrogen-bond donors (Lipinski definition) is 2. The molecule has 0 atom stereocenters. The summed E-state index contributed by atoms with van der Waals surface area (Å²) < 4.78 is 0. The quantitative estimate of drug-likeness (QED) is 0.418. The minimum absolute atomic E-state index is 0.738.